The fourth-order valence-corrected chi connectivity index (χ4v) is 13.2. The molecule has 0 fully saturated rings. The van der Waals surface area contributed by atoms with Crippen molar-refractivity contribution in [2.24, 2.45) is 0 Å². The van der Waals surface area contributed by atoms with Gasteiger partial charge >= 0.3 is 0 Å². The maximum atomic E-state index is 2.46. The van der Waals surface area contributed by atoms with Crippen LogP contribution in [0.4, 0.5) is 51.2 Å². The van der Waals surface area contributed by atoms with E-state index in [1.165, 1.54) is 73.0 Å². The van der Waals surface area contributed by atoms with Crippen molar-refractivity contribution in [3.63, 3.8) is 0 Å². The monoisotopic (exact) mass is 967 g/mol. The van der Waals surface area contributed by atoms with Gasteiger partial charge in [-0.3, -0.25) is 0 Å². The van der Waals surface area contributed by atoms with Gasteiger partial charge in [0.1, 0.15) is 0 Å². The maximum Gasteiger partial charge on any atom is 0.0540 e. The van der Waals surface area contributed by atoms with Crippen LogP contribution in [0.2, 0.25) is 0 Å². The molecule has 14 aromatic rings. The lowest BCUT2D eigenvalue weighted by Gasteiger charge is -2.33. The molecule has 0 aliphatic heterocycles. The van der Waals surface area contributed by atoms with Gasteiger partial charge in [-0.1, -0.05) is 176 Å². The summed E-state index contributed by atoms with van der Waals surface area (Å²) in [5.41, 5.74) is 12.0. The number of hydrogen-bond acceptors (Lipinski definition) is 5. The van der Waals surface area contributed by atoms with Gasteiger partial charge in [0.05, 0.1) is 28.4 Å². The summed E-state index contributed by atoms with van der Waals surface area (Å²) < 4.78 is 5.17. The van der Waals surface area contributed by atoms with Crippen molar-refractivity contribution in [1.82, 2.24) is 0 Å². The second kappa shape index (κ2) is 18.0. The molecule has 12 aromatic carbocycles. The summed E-state index contributed by atoms with van der Waals surface area (Å²) in [5.74, 6) is 0. The molecule has 5 heteroatoms. The fraction of sp³-hybridized carbons (Fsp3) is 0. The molecule has 2 heterocycles. The second-order valence-corrected chi connectivity index (χ2v) is 20.6. The molecule has 14 rings (SSSR count). The summed E-state index contributed by atoms with van der Waals surface area (Å²) >= 11 is 3.72. The van der Waals surface area contributed by atoms with Gasteiger partial charge in [-0.25, -0.2) is 0 Å². The van der Waals surface area contributed by atoms with Crippen LogP contribution in [0.1, 0.15) is 0 Å². The Morgan fingerprint density at radius 2 is 0.658 bits per heavy atom. The third-order valence-corrected chi connectivity index (χ3v) is 16.5. The number of rotatable bonds is 10. The van der Waals surface area contributed by atoms with Crippen LogP contribution in [0.3, 0.4) is 0 Å². The van der Waals surface area contributed by atoms with Gasteiger partial charge in [0.25, 0.3) is 0 Å². The highest BCUT2D eigenvalue weighted by Crippen LogP contribution is 2.49. The Hall–Kier alpha value is -9.00. The lowest BCUT2D eigenvalue weighted by Crippen LogP contribution is -2.16. The molecule has 0 unspecified atom stereocenters. The molecule has 0 atom stereocenters. The summed E-state index contributed by atoms with van der Waals surface area (Å²) in [4.78, 5) is 7.33. The minimum atomic E-state index is 1.02. The molecule has 344 valence electrons. The number of hydrogen-bond donors (Lipinski definition) is 0. The zero-order chi connectivity index (χ0) is 48.2. The molecule has 0 aliphatic rings. The molecule has 2 aromatic heterocycles. The van der Waals surface area contributed by atoms with Crippen molar-refractivity contribution in [3.8, 4) is 11.1 Å². The smallest absolute Gasteiger partial charge is 0.0540 e. The number of thiophene rings is 2. The minimum Gasteiger partial charge on any atom is -0.310 e. The van der Waals surface area contributed by atoms with Crippen molar-refractivity contribution in [2.75, 3.05) is 14.7 Å². The Kier molecular flexibility index (Phi) is 10.6. The highest BCUT2D eigenvalue weighted by molar-refractivity contribution is 7.26. The number of benzene rings is 12. The molecular weight excluding hydrogens is 923 g/mol. The van der Waals surface area contributed by atoms with E-state index in [9.17, 15) is 0 Å². The standard InChI is InChI=1S/C68H45N3S2/c1-3-22-49(23-4-1)70(63-32-15-20-46-18-7-9-26-56(46)63)54-42-53(43-55(44-54)71(50-24-5-2-6-25-50)64-33-16-21-47-19-8-10-27-57(47)64)69(52-40-41-67-62(45-52)60-29-12-13-34-65(60)72-67)51-38-36-48(37-39-51)58-30-17-31-61-59-28-11-14-35-66(59)73-68(58)61/h1-45H. The molecule has 73 heavy (non-hydrogen) atoms. The quantitative estimate of drug-likeness (QED) is 0.135. The zero-order valence-corrected chi connectivity index (χ0v) is 41.3. The fourth-order valence-electron chi connectivity index (χ4n) is 10.8. The van der Waals surface area contributed by atoms with Crippen LogP contribution in [0.15, 0.2) is 273 Å². The van der Waals surface area contributed by atoms with Crippen molar-refractivity contribution >= 4 is 136 Å². The predicted molar refractivity (Wildman–Crippen MR) is 317 cm³/mol. The van der Waals surface area contributed by atoms with Gasteiger partial charge in [0, 0.05) is 73.9 Å². The van der Waals surface area contributed by atoms with E-state index in [0.29, 0.717) is 0 Å². The van der Waals surface area contributed by atoms with E-state index >= 15 is 0 Å². The van der Waals surface area contributed by atoms with Crippen molar-refractivity contribution in [1.29, 1.82) is 0 Å². The van der Waals surface area contributed by atoms with Gasteiger partial charge in [-0.15, -0.1) is 22.7 Å². The molecule has 0 radical (unpaired) electrons. The Bertz CT molecular complexity index is 4200. The third kappa shape index (κ3) is 7.57. The second-order valence-electron chi connectivity index (χ2n) is 18.5. The van der Waals surface area contributed by atoms with Crippen LogP contribution in [0.5, 0.6) is 0 Å². The summed E-state index contributed by atoms with van der Waals surface area (Å²) in [6, 6.07) is 100.0. The van der Waals surface area contributed by atoms with Crippen molar-refractivity contribution < 1.29 is 0 Å². The summed E-state index contributed by atoms with van der Waals surface area (Å²) in [6.07, 6.45) is 0. The van der Waals surface area contributed by atoms with Gasteiger partial charge in [0.2, 0.25) is 0 Å². The SMILES string of the molecule is c1ccc(N(c2cc(N(c3ccc(-c4cccc5c4sc4ccccc45)cc3)c3ccc4sc5ccccc5c4c3)cc(N(c3ccccc3)c3cccc4ccccc34)c2)c2cccc3ccccc23)cc1. The lowest BCUT2D eigenvalue weighted by atomic mass is 10.0. The van der Waals surface area contributed by atoms with E-state index in [1.807, 2.05) is 22.7 Å². The van der Waals surface area contributed by atoms with Gasteiger partial charge in [0.15, 0.2) is 0 Å². The molecule has 0 N–H and O–H groups in total. The van der Waals surface area contributed by atoms with Gasteiger partial charge < -0.3 is 14.7 Å². The number of fused-ring (bicyclic) bond motifs is 8. The van der Waals surface area contributed by atoms with E-state index < -0.39 is 0 Å². The average Bonchev–Trinajstić information content (AvgIpc) is 4.03. The first kappa shape index (κ1) is 42.8. The van der Waals surface area contributed by atoms with E-state index in [4.69, 9.17) is 0 Å². The normalized spacial score (nSPS) is 11.6. The van der Waals surface area contributed by atoms with Crippen LogP contribution in [0.25, 0.3) is 73.0 Å². The first-order valence-corrected chi connectivity index (χ1v) is 26.4. The summed E-state index contributed by atoms with van der Waals surface area (Å²) in [7, 11) is 0. The van der Waals surface area contributed by atoms with Crippen LogP contribution >= 0.6 is 22.7 Å². The highest BCUT2D eigenvalue weighted by Gasteiger charge is 2.25. The zero-order valence-electron chi connectivity index (χ0n) is 39.6. The molecule has 0 saturated heterocycles. The first-order chi connectivity index (χ1) is 36.2. The maximum absolute atomic E-state index is 2.46. The lowest BCUT2D eigenvalue weighted by molar-refractivity contribution is 1.23. The Morgan fingerprint density at radius 3 is 1.26 bits per heavy atom. The van der Waals surface area contributed by atoms with E-state index in [2.05, 4.69) is 288 Å². The predicted octanol–water partition coefficient (Wildman–Crippen LogP) is 20.8. The molecule has 0 spiro atoms. The minimum absolute atomic E-state index is 1.02. The molecule has 3 nitrogen and oxygen atoms in total. The van der Waals surface area contributed by atoms with Crippen LogP contribution in [-0.4, -0.2) is 0 Å². The number of anilines is 9. The van der Waals surface area contributed by atoms with Crippen LogP contribution in [0, 0.1) is 0 Å². The summed E-state index contributed by atoms with van der Waals surface area (Å²) in [5, 5.41) is 9.83. The molecule has 0 aliphatic carbocycles. The first-order valence-electron chi connectivity index (χ1n) is 24.7. The van der Waals surface area contributed by atoms with Gasteiger partial charge in [-0.05, 0) is 119 Å². The van der Waals surface area contributed by atoms with E-state index in [1.54, 1.807) is 0 Å². The summed E-state index contributed by atoms with van der Waals surface area (Å²) in [6.45, 7) is 0. The van der Waals surface area contributed by atoms with Crippen LogP contribution in [-0.2, 0) is 0 Å². The third-order valence-electron chi connectivity index (χ3n) is 14.2. The Balaban J connectivity index is 1.05. The van der Waals surface area contributed by atoms with E-state index in [0.717, 1.165) is 51.2 Å². The van der Waals surface area contributed by atoms with E-state index in [-0.39, 0.29) is 0 Å². The number of nitrogens with zero attached hydrogens (tertiary/aromatic N) is 3. The van der Waals surface area contributed by atoms with Crippen molar-refractivity contribution in [3.05, 3.63) is 273 Å². The Labute approximate surface area is 431 Å². The number of para-hydroxylation sites is 2. The van der Waals surface area contributed by atoms with Crippen LogP contribution < -0.4 is 14.7 Å². The molecule has 0 amide bonds. The Morgan fingerprint density at radius 1 is 0.233 bits per heavy atom. The van der Waals surface area contributed by atoms with Crippen molar-refractivity contribution in [2.45, 2.75) is 0 Å². The van der Waals surface area contributed by atoms with Gasteiger partial charge in [-0.2, -0.15) is 0 Å². The largest absolute Gasteiger partial charge is 0.310 e. The molecule has 0 bridgehead atoms. The molecular formula is C68H45N3S2. The average molecular weight is 968 g/mol. The topological polar surface area (TPSA) is 9.72 Å². The highest BCUT2D eigenvalue weighted by atomic mass is 32.1. The molecule has 0 saturated carbocycles.